The molecule has 37 heavy (non-hydrogen) atoms. The van der Waals surface area contributed by atoms with Crippen LogP contribution in [0, 0.1) is 11.7 Å². The van der Waals surface area contributed by atoms with Crippen LogP contribution in [0.25, 0.3) is 0 Å². The second-order valence-corrected chi connectivity index (χ2v) is 9.36. The molecule has 10 heteroatoms. The summed E-state index contributed by atoms with van der Waals surface area (Å²) in [5.74, 6) is -2.49. The number of hydrogen-bond acceptors (Lipinski definition) is 5. The van der Waals surface area contributed by atoms with E-state index < -0.39 is 41.9 Å². The summed E-state index contributed by atoms with van der Waals surface area (Å²) in [6, 6.07) is 12.6. The number of rotatable bonds is 7. The summed E-state index contributed by atoms with van der Waals surface area (Å²) in [6.45, 7) is 0.0783. The van der Waals surface area contributed by atoms with E-state index in [1.165, 1.54) is 17.0 Å². The molecule has 2 aromatic rings. The van der Waals surface area contributed by atoms with Crippen LogP contribution in [0.5, 0.6) is 5.75 Å². The summed E-state index contributed by atoms with van der Waals surface area (Å²) >= 11 is 0. The van der Waals surface area contributed by atoms with Gasteiger partial charge in [0.15, 0.2) is 6.17 Å². The number of aliphatic carboxylic acids is 1. The Bertz CT molecular complexity index is 1120. The van der Waals surface area contributed by atoms with Crippen LogP contribution in [0.15, 0.2) is 54.6 Å². The second-order valence-electron chi connectivity index (χ2n) is 9.36. The molecule has 2 aliphatic rings. The van der Waals surface area contributed by atoms with Gasteiger partial charge in [-0.05, 0) is 55.2 Å². The van der Waals surface area contributed by atoms with E-state index in [1.54, 1.807) is 30.3 Å². The summed E-state index contributed by atoms with van der Waals surface area (Å²) in [5.41, 5.74) is 0.159. The Balaban J connectivity index is 1.59. The zero-order valence-corrected chi connectivity index (χ0v) is 20.3. The third-order valence-corrected chi connectivity index (χ3v) is 6.88. The number of ether oxygens (including phenoxy) is 1. The van der Waals surface area contributed by atoms with Crippen LogP contribution in [0.3, 0.4) is 0 Å². The Morgan fingerprint density at radius 1 is 0.946 bits per heavy atom. The van der Waals surface area contributed by atoms with Gasteiger partial charge in [-0.3, -0.25) is 19.3 Å². The molecular weight excluding hydrogens is 481 g/mol. The number of carboxylic acid groups (broad SMARTS) is 1. The summed E-state index contributed by atoms with van der Waals surface area (Å²) in [6.07, 6.45) is 2.12. The van der Waals surface area contributed by atoms with Gasteiger partial charge in [-0.1, -0.05) is 37.5 Å². The maximum absolute atomic E-state index is 13.6. The van der Waals surface area contributed by atoms with Gasteiger partial charge in [-0.2, -0.15) is 0 Å². The monoisotopic (exact) mass is 511 g/mol. The van der Waals surface area contributed by atoms with Crippen molar-refractivity contribution in [2.75, 3.05) is 13.1 Å². The summed E-state index contributed by atoms with van der Waals surface area (Å²) in [7, 11) is 0. The largest absolute Gasteiger partial charge is 0.481 e. The van der Waals surface area contributed by atoms with Gasteiger partial charge in [-0.15, -0.1) is 0 Å². The SMILES string of the molecule is O=C(O)CC(NC(=O)C1N(C(=O)Oc2ccccc2)CCN1C(=O)c1ccc(F)cc1)C1CCCCC1. The lowest BCUT2D eigenvalue weighted by molar-refractivity contribution is -0.138. The zero-order valence-electron chi connectivity index (χ0n) is 20.3. The summed E-state index contributed by atoms with van der Waals surface area (Å²) in [4.78, 5) is 54.0. The van der Waals surface area contributed by atoms with Crippen molar-refractivity contribution in [3.63, 3.8) is 0 Å². The molecule has 0 aromatic heterocycles. The average Bonchev–Trinajstić information content (AvgIpc) is 3.35. The summed E-state index contributed by atoms with van der Waals surface area (Å²) in [5, 5.41) is 12.3. The van der Waals surface area contributed by atoms with E-state index in [9.17, 15) is 28.7 Å². The molecule has 2 N–H and O–H groups in total. The number of amides is 3. The zero-order chi connectivity index (χ0) is 26.4. The highest BCUT2D eigenvalue weighted by molar-refractivity contribution is 5.99. The molecule has 2 aromatic carbocycles. The van der Waals surface area contributed by atoms with Crippen LogP contribution in [-0.4, -0.2) is 64.1 Å². The van der Waals surface area contributed by atoms with Crippen LogP contribution in [0.1, 0.15) is 48.9 Å². The van der Waals surface area contributed by atoms with Crippen molar-refractivity contribution in [3.05, 3.63) is 66.0 Å². The molecule has 3 amide bonds. The Hall–Kier alpha value is -3.95. The third kappa shape index (κ3) is 6.44. The molecular formula is C27H30FN3O6. The van der Waals surface area contributed by atoms with Gasteiger partial charge in [0.2, 0.25) is 0 Å². The van der Waals surface area contributed by atoms with E-state index in [2.05, 4.69) is 5.32 Å². The quantitative estimate of drug-likeness (QED) is 0.586. The first-order valence-electron chi connectivity index (χ1n) is 12.5. The molecule has 4 rings (SSSR count). The lowest BCUT2D eigenvalue weighted by atomic mass is 9.82. The molecule has 2 fully saturated rings. The second kappa shape index (κ2) is 11.9. The van der Waals surface area contributed by atoms with Crippen molar-refractivity contribution < 1.29 is 33.4 Å². The minimum atomic E-state index is -1.35. The molecule has 1 heterocycles. The van der Waals surface area contributed by atoms with Gasteiger partial charge in [0.05, 0.1) is 6.42 Å². The lowest BCUT2D eigenvalue weighted by Crippen LogP contribution is -2.57. The molecule has 0 spiro atoms. The van der Waals surface area contributed by atoms with E-state index in [-0.39, 0.29) is 36.7 Å². The number of hydrogen-bond donors (Lipinski definition) is 2. The fraction of sp³-hybridized carbons (Fsp3) is 0.407. The minimum absolute atomic E-state index is 0.0128. The molecule has 1 saturated heterocycles. The Kier molecular flexibility index (Phi) is 8.37. The predicted octanol–water partition coefficient (Wildman–Crippen LogP) is 3.65. The van der Waals surface area contributed by atoms with Gasteiger partial charge in [0, 0.05) is 24.7 Å². The van der Waals surface area contributed by atoms with Crippen LogP contribution in [0.2, 0.25) is 0 Å². The molecule has 1 aliphatic heterocycles. The van der Waals surface area contributed by atoms with Crippen molar-refractivity contribution in [2.24, 2.45) is 5.92 Å². The molecule has 0 bridgehead atoms. The van der Waals surface area contributed by atoms with Crippen molar-refractivity contribution in [2.45, 2.75) is 50.7 Å². The minimum Gasteiger partial charge on any atom is -0.481 e. The van der Waals surface area contributed by atoms with E-state index in [0.717, 1.165) is 49.1 Å². The number of carbonyl (C=O) groups is 4. The highest BCUT2D eigenvalue weighted by Gasteiger charge is 2.45. The summed E-state index contributed by atoms with van der Waals surface area (Å²) < 4.78 is 18.9. The molecule has 1 saturated carbocycles. The first-order chi connectivity index (χ1) is 17.8. The van der Waals surface area contributed by atoms with Crippen LogP contribution >= 0.6 is 0 Å². The third-order valence-electron chi connectivity index (χ3n) is 6.88. The van der Waals surface area contributed by atoms with Crippen molar-refractivity contribution in [3.8, 4) is 5.75 Å². The Labute approximate surface area is 214 Å². The van der Waals surface area contributed by atoms with Crippen LogP contribution < -0.4 is 10.1 Å². The fourth-order valence-corrected chi connectivity index (χ4v) is 5.04. The first kappa shape index (κ1) is 26.1. The molecule has 0 radical (unpaired) electrons. The number of benzene rings is 2. The van der Waals surface area contributed by atoms with E-state index >= 15 is 0 Å². The van der Waals surface area contributed by atoms with Gasteiger partial charge >= 0.3 is 12.1 Å². The Morgan fingerprint density at radius 3 is 2.24 bits per heavy atom. The Morgan fingerprint density at radius 2 is 1.59 bits per heavy atom. The number of nitrogens with zero attached hydrogens (tertiary/aromatic N) is 2. The highest BCUT2D eigenvalue weighted by atomic mass is 19.1. The lowest BCUT2D eigenvalue weighted by Gasteiger charge is -2.34. The number of para-hydroxylation sites is 1. The highest BCUT2D eigenvalue weighted by Crippen LogP contribution is 2.29. The topological polar surface area (TPSA) is 116 Å². The van der Waals surface area contributed by atoms with Crippen LogP contribution in [0.4, 0.5) is 9.18 Å². The smallest absolute Gasteiger partial charge is 0.417 e. The van der Waals surface area contributed by atoms with Crippen molar-refractivity contribution in [1.82, 2.24) is 15.1 Å². The predicted molar refractivity (Wildman–Crippen MR) is 131 cm³/mol. The van der Waals surface area contributed by atoms with Crippen molar-refractivity contribution >= 4 is 23.9 Å². The number of nitrogens with one attached hydrogen (secondary N) is 1. The first-order valence-corrected chi connectivity index (χ1v) is 12.5. The number of carboxylic acids is 1. The molecule has 2 atom stereocenters. The fourth-order valence-electron chi connectivity index (χ4n) is 5.04. The maximum atomic E-state index is 13.6. The molecule has 2 unspecified atom stereocenters. The normalized spacial score (nSPS) is 18.8. The number of halogens is 1. The van der Waals surface area contributed by atoms with Gasteiger partial charge < -0.3 is 20.1 Å². The number of carbonyl (C=O) groups excluding carboxylic acids is 3. The maximum Gasteiger partial charge on any atom is 0.417 e. The molecule has 9 nitrogen and oxygen atoms in total. The van der Waals surface area contributed by atoms with E-state index in [4.69, 9.17) is 4.74 Å². The standard InChI is InChI=1S/C27H30FN3O6/c28-20-13-11-19(12-14-20)26(35)30-15-16-31(27(36)37-21-9-5-2-6-10-21)25(30)24(34)29-22(17-23(32)33)18-7-3-1-4-8-18/h2,5-6,9-14,18,22,25H,1,3-4,7-8,15-17H2,(H,29,34)(H,32,33). The molecule has 1 aliphatic carbocycles. The average molecular weight is 512 g/mol. The van der Waals surface area contributed by atoms with E-state index in [1.807, 2.05) is 0 Å². The van der Waals surface area contributed by atoms with Crippen LogP contribution in [-0.2, 0) is 9.59 Å². The van der Waals surface area contributed by atoms with Crippen molar-refractivity contribution in [1.29, 1.82) is 0 Å². The molecule has 196 valence electrons. The van der Waals surface area contributed by atoms with Gasteiger partial charge in [0.25, 0.3) is 11.8 Å². The van der Waals surface area contributed by atoms with E-state index in [0.29, 0.717) is 0 Å². The van der Waals surface area contributed by atoms with Gasteiger partial charge in [-0.25, -0.2) is 9.18 Å². The van der Waals surface area contributed by atoms with Gasteiger partial charge in [0.1, 0.15) is 11.6 Å².